The van der Waals surface area contributed by atoms with Crippen LogP contribution in [0.2, 0.25) is 0 Å². The molecule has 12 heavy (non-hydrogen) atoms. The molecule has 74 valence electrons. The van der Waals surface area contributed by atoms with Crippen LogP contribution < -0.4 is 5.73 Å². The molecule has 0 radical (unpaired) electrons. The van der Waals surface area contributed by atoms with Gasteiger partial charge in [0, 0.05) is 0 Å². The smallest absolute Gasteiger partial charge is 0.267 e. The van der Waals surface area contributed by atoms with Crippen molar-refractivity contribution >= 4 is 10.1 Å². The molecule has 0 aromatic rings. The second kappa shape index (κ2) is 8.70. The molecule has 5 heteroatoms. The zero-order chi connectivity index (χ0) is 10.0. The minimum atomic E-state index is -3.25. The van der Waals surface area contributed by atoms with E-state index in [4.69, 9.17) is 5.73 Å². The monoisotopic (exact) mass is 195 g/mol. The van der Waals surface area contributed by atoms with Crippen LogP contribution in [0.4, 0.5) is 0 Å². The highest BCUT2D eigenvalue weighted by Gasteiger charge is 2.04. The van der Waals surface area contributed by atoms with E-state index in [1.54, 1.807) is 0 Å². The first kappa shape index (κ1) is 14.2. The molecule has 0 aromatic heterocycles. The van der Waals surface area contributed by atoms with Crippen LogP contribution in [-0.2, 0) is 14.3 Å². The Morgan fingerprint density at radius 2 is 1.92 bits per heavy atom. The lowest BCUT2D eigenvalue weighted by Crippen LogP contribution is -2.11. The van der Waals surface area contributed by atoms with Crippen LogP contribution in [0.1, 0.15) is 13.3 Å². The maximum atomic E-state index is 10.6. The predicted molar refractivity (Wildman–Crippen MR) is 50.3 cm³/mol. The van der Waals surface area contributed by atoms with Gasteiger partial charge in [-0.25, -0.2) is 0 Å². The van der Waals surface area contributed by atoms with Gasteiger partial charge >= 0.3 is 0 Å². The Morgan fingerprint density at radius 3 is 2.25 bits per heavy atom. The molecule has 0 rings (SSSR count). The summed E-state index contributed by atoms with van der Waals surface area (Å²) in [6.07, 6.45) is 0.583. The predicted octanol–water partition coefficient (Wildman–Crippen LogP) is 0.504. The first-order valence-corrected chi connectivity index (χ1v) is 5.27. The van der Waals surface area contributed by atoms with Crippen LogP contribution in [0.15, 0.2) is 13.2 Å². The van der Waals surface area contributed by atoms with E-state index < -0.39 is 10.1 Å². The molecule has 0 saturated carbocycles. The van der Waals surface area contributed by atoms with E-state index in [-0.39, 0.29) is 12.4 Å². The topological polar surface area (TPSA) is 69.4 Å². The van der Waals surface area contributed by atoms with Gasteiger partial charge in [-0.2, -0.15) is 8.42 Å². The van der Waals surface area contributed by atoms with Crippen molar-refractivity contribution in [1.82, 2.24) is 0 Å². The van der Waals surface area contributed by atoms with Crippen LogP contribution in [-0.4, -0.2) is 27.3 Å². The summed E-state index contributed by atoms with van der Waals surface area (Å²) in [5.74, 6) is 0.0254. The van der Waals surface area contributed by atoms with E-state index in [0.717, 1.165) is 0 Å². The quantitative estimate of drug-likeness (QED) is 0.394. The maximum absolute atomic E-state index is 10.6. The van der Waals surface area contributed by atoms with Crippen molar-refractivity contribution in [1.29, 1.82) is 0 Å². The van der Waals surface area contributed by atoms with E-state index in [1.807, 2.05) is 0 Å². The average molecular weight is 195 g/mol. The lowest BCUT2D eigenvalue weighted by atomic mass is 10.5. The van der Waals surface area contributed by atoms with Crippen molar-refractivity contribution in [3.8, 4) is 0 Å². The van der Waals surface area contributed by atoms with Crippen molar-refractivity contribution in [3.05, 3.63) is 13.2 Å². The molecule has 0 aliphatic heterocycles. The van der Waals surface area contributed by atoms with Gasteiger partial charge in [-0.15, -0.1) is 13.2 Å². The minimum absolute atomic E-state index is 0.0254. The third kappa shape index (κ3) is 9.61. The van der Waals surface area contributed by atoms with E-state index in [2.05, 4.69) is 17.3 Å². The van der Waals surface area contributed by atoms with Gasteiger partial charge in [-0.3, -0.25) is 4.18 Å². The second-order valence-corrected chi connectivity index (χ2v) is 3.74. The van der Waals surface area contributed by atoms with Crippen LogP contribution in [0.5, 0.6) is 0 Å². The second-order valence-electron chi connectivity index (χ2n) is 1.81. The summed E-state index contributed by atoms with van der Waals surface area (Å²) >= 11 is 0. The largest absolute Gasteiger partial charge is 0.330 e. The van der Waals surface area contributed by atoms with E-state index >= 15 is 0 Å². The summed E-state index contributed by atoms with van der Waals surface area (Å²) in [6, 6.07) is 0. The Bertz CT molecular complexity index is 177. The highest BCUT2D eigenvalue weighted by molar-refractivity contribution is 7.86. The Hall–Kier alpha value is -0.390. The van der Waals surface area contributed by atoms with Crippen molar-refractivity contribution in [2.75, 3.05) is 18.9 Å². The summed E-state index contributed by atoms with van der Waals surface area (Å²) in [7, 11) is -3.25. The molecule has 0 amide bonds. The Balaban J connectivity index is 0. The maximum Gasteiger partial charge on any atom is 0.267 e. The van der Waals surface area contributed by atoms with Crippen molar-refractivity contribution < 1.29 is 12.6 Å². The molecule has 0 atom stereocenters. The number of hydrogen-bond acceptors (Lipinski definition) is 4. The first-order chi connectivity index (χ1) is 5.62. The fraction of sp³-hybridized carbons (Fsp3) is 0.714. The zero-order valence-electron chi connectivity index (χ0n) is 7.45. The minimum Gasteiger partial charge on any atom is -0.330 e. The molecule has 0 unspecified atom stereocenters. The third-order valence-corrected chi connectivity index (χ3v) is 2.20. The van der Waals surface area contributed by atoms with Crippen LogP contribution in [0.3, 0.4) is 0 Å². The van der Waals surface area contributed by atoms with Crippen molar-refractivity contribution in [3.63, 3.8) is 0 Å². The summed E-state index contributed by atoms with van der Waals surface area (Å²) in [6.45, 7) is 8.20. The van der Waals surface area contributed by atoms with Crippen molar-refractivity contribution in [2.24, 2.45) is 5.73 Å². The zero-order valence-corrected chi connectivity index (χ0v) is 8.27. The molecule has 4 nitrogen and oxygen atoms in total. The van der Waals surface area contributed by atoms with Gasteiger partial charge in [0.05, 0.1) is 12.4 Å². The van der Waals surface area contributed by atoms with Crippen LogP contribution in [0, 0.1) is 0 Å². The SMILES string of the molecule is C=C.CCS(=O)(=O)OCCCN. The standard InChI is InChI=1S/C5H13NO3S.C2H4/c1-2-10(7,8)9-5-3-4-6;1-2/h2-6H2,1H3;1-2H2. The fourth-order valence-electron chi connectivity index (χ4n) is 0.353. The summed E-state index contributed by atoms with van der Waals surface area (Å²) in [5.41, 5.74) is 5.12. The molecule has 0 bridgehead atoms. The van der Waals surface area contributed by atoms with Gasteiger partial charge in [0.25, 0.3) is 10.1 Å². The van der Waals surface area contributed by atoms with Gasteiger partial charge in [-0.1, -0.05) is 0 Å². The van der Waals surface area contributed by atoms with Gasteiger partial charge in [0.2, 0.25) is 0 Å². The van der Waals surface area contributed by atoms with E-state index in [1.165, 1.54) is 6.92 Å². The molecule has 0 aromatic carbocycles. The molecule has 0 fully saturated rings. The van der Waals surface area contributed by atoms with Crippen molar-refractivity contribution in [2.45, 2.75) is 13.3 Å². The average Bonchev–Trinajstić information content (AvgIpc) is 2.09. The molecule has 0 spiro atoms. The van der Waals surface area contributed by atoms with E-state index in [9.17, 15) is 8.42 Å². The summed E-state index contributed by atoms with van der Waals surface area (Å²) in [4.78, 5) is 0. The highest BCUT2D eigenvalue weighted by atomic mass is 32.2. The summed E-state index contributed by atoms with van der Waals surface area (Å²) in [5, 5.41) is 0. The van der Waals surface area contributed by atoms with Gasteiger partial charge < -0.3 is 5.73 Å². The Kier molecular flexibility index (Phi) is 10.3. The fourth-order valence-corrected chi connectivity index (χ4v) is 0.891. The first-order valence-electron chi connectivity index (χ1n) is 3.69. The number of nitrogens with two attached hydrogens (primary N) is 1. The molecule has 0 saturated heterocycles. The van der Waals surface area contributed by atoms with Crippen LogP contribution in [0.25, 0.3) is 0 Å². The lowest BCUT2D eigenvalue weighted by Gasteiger charge is -2.00. The van der Waals surface area contributed by atoms with Crippen LogP contribution >= 0.6 is 0 Å². The van der Waals surface area contributed by atoms with Gasteiger partial charge in [0.15, 0.2) is 0 Å². The molecule has 0 aliphatic carbocycles. The third-order valence-electron chi connectivity index (χ3n) is 0.965. The molecule has 0 aliphatic rings. The lowest BCUT2D eigenvalue weighted by molar-refractivity contribution is 0.315. The van der Waals surface area contributed by atoms with E-state index in [0.29, 0.717) is 13.0 Å². The highest BCUT2D eigenvalue weighted by Crippen LogP contribution is 1.92. The number of rotatable bonds is 5. The van der Waals surface area contributed by atoms with Gasteiger partial charge in [-0.05, 0) is 19.9 Å². The number of hydrogen-bond donors (Lipinski definition) is 1. The molecule has 2 N–H and O–H groups in total. The molecular weight excluding hydrogens is 178 g/mol. The summed E-state index contributed by atoms with van der Waals surface area (Å²) < 4.78 is 25.7. The Labute approximate surface area is 74.5 Å². The van der Waals surface area contributed by atoms with Gasteiger partial charge in [0.1, 0.15) is 0 Å². The normalized spacial score (nSPS) is 10.2. The Morgan fingerprint density at radius 1 is 1.42 bits per heavy atom. The molecule has 0 heterocycles. The molecular formula is C7H17NO3S.